The van der Waals surface area contributed by atoms with Crippen molar-refractivity contribution in [2.24, 2.45) is 0 Å². The van der Waals surface area contributed by atoms with Crippen LogP contribution in [0.15, 0.2) is 88.8 Å². The van der Waals surface area contributed by atoms with Crippen LogP contribution in [0.1, 0.15) is 12.0 Å². The molecule has 0 unspecified atom stereocenters. The number of para-hydroxylation sites is 1. The molecule has 0 atom stereocenters. The highest BCUT2D eigenvalue weighted by Crippen LogP contribution is 2.25. The molecule has 5 rings (SSSR count). The lowest BCUT2D eigenvalue weighted by atomic mass is 10.1. The van der Waals surface area contributed by atoms with Gasteiger partial charge in [-0.25, -0.2) is 4.57 Å². The zero-order valence-electron chi connectivity index (χ0n) is 17.6. The van der Waals surface area contributed by atoms with Crippen molar-refractivity contribution in [1.29, 1.82) is 0 Å². The Balaban J connectivity index is 1.56. The summed E-state index contributed by atoms with van der Waals surface area (Å²) in [5.74, 6) is 2.07. The number of ether oxygens (including phenoxy) is 1. The van der Waals surface area contributed by atoms with Gasteiger partial charge in [0.25, 0.3) is 5.56 Å². The average molecular weight is 443 g/mol. The van der Waals surface area contributed by atoms with E-state index in [4.69, 9.17) is 4.74 Å². The first-order valence-electron chi connectivity index (χ1n) is 10.5. The third-order valence-corrected chi connectivity index (χ3v) is 6.41. The van der Waals surface area contributed by atoms with E-state index in [1.807, 2.05) is 59.0 Å². The van der Waals surface area contributed by atoms with E-state index in [1.165, 1.54) is 5.56 Å². The fourth-order valence-corrected chi connectivity index (χ4v) is 4.72. The van der Waals surface area contributed by atoms with E-state index in [1.54, 1.807) is 23.4 Å². The summed E-state index contributed by atoms with van der Waals surface area (Å²) in [5, 5.41) is 10.3. The Hall–Kier alpha value is -3.58. The first kappa shape index (κ1) is 20.3. The van der Waals surface area contributed by atoms with Crippen LogP contribution in [0, 0.1) is 0 Å². The molecule has 0 aliphatic heterocycles. The number of fused-ring (bicyclic) bond motifs is 3. The second-order valence-corrected chi connectivity index (χ2v) is 8.48. The molecule has 0 bridgehead atoms. The van der Waals surface area contributed by atoms with E-state index in [0.717, 1.165) is 29.3 Å². The molecule has 3 aromatic carbocycles. The van der Waals surface area contributed by atoms with Crippen molar-refractivity contribution in [2.45, 2.75) is 18.0 Å². The summed E-state index contributed by atoms with van der Waals surface area (Å²) in [7, 11) is 1.61. The molecule has 32 heavy (non-hydrogen) atoms. The largest absolute Gasteiger partial charge is 0.497 e. The van der Waals surface area contributed by atoms with Crippen LogP contribution in [0.25, 0.3) is 22.4 Å². The molecule has 6 nitrogen and oxygen atoms in total. The molecule has 0 radical (unpaired) electrons. The molecule has 2 heterocycles. The maximum Gasteiger partial charge on any atom is 0.267 e. The molecule has 7 heteroatoms. The molecule has 0 fully saturated rings. The van der Waals surface area contributed by atoms with Crippen LogP contribution in [0.2, 0.25) is 0 Å². The number of nitrogens with zero attached hydrogens (tertiary/aromatic N) is 4. The lowest BCUT2D eigenvalue weighted by Gasteiger charge is -2.12. The van der Waals surface area contributed by atoms with E-state index >= 15 is 0 Å². The Labute approximate surface area is 189 Å². The molecular weight excluding hydrogens is 420 g/mol. The van der Waals surface area contributed by atoms with Gasteiger partial charge < -0.3 is 4.74 Å². The molecule has 0 aliphatic carbocycles. The second-order valence-electron chi connectivity index (χ2n) is 7.41. The van der Waals surface area contributed by atoms with E-state index in [0.29, 0.717) is 22.6 Å². The maximum absolute atomic E-state index is 13.4. The fraction of sp³-hybridized carbons (Fsp3) is 0.160. The number of thioether (sulfide) groups is 1. The molecule has 0 saturated carbocycles. The molecule has 2 aromatic heterocycles. The molecule has 160 valence electrons. The highest BCUT2D eigenvalue weighted by Gasteiger charge is 2.18. The highest BCUT2D eigenvalue weighted by molar-refractivity contribution is 7.99. The fourth-order valence-electron chi connectivity index (χ4n) is 3.84. The second kappa shape index (κ2) is 8.88. The minimum atomic E-state index is -0.130. The van der Waals surface area contributed by atoms with E-state index < -0.39 is 0 Å². The van der Waals surface area contributed by atoms with Gasteiger partial charge in [0.15, 0.2) is 5.16 Å². The average Bonchev–Trinajstić information content (AvgIpc) is 3.26. The van der Waals surface area contributed by atoms with Crippen molar-refractivity contribution in [3.8, 4) is 11.4 Å². The van der Waals surface area contributed by atoms with Crippen LogP contribution in [0.5, 0.6) is 5.75 Å². The zero-order valence-corrected chi connectivity index (χ0v) is 18.5. The zero-order chi connectivity index (χ0) is 21.9. The van der Waals surface area contributed by atoms with Gasteiger partial charge in [0.05, 0.1) is 23.7 Å². The van der Waals surface area contributed by atoms with Gasteiger partial charge in [-0.2, -0.15) is 0 Å². The summed E-state index contributed by atoms with van der Waals surface area (Å²) in [5.41, 5.74) is 2.70. The lowest BCUT2D eigenvalue weighted by Crippen LogP contribution is -2.21. The van der Waals surface area contributed by atoms with Crippen LogP contribution >= 0.6 is 11.8 Å². The standard InChI is InChI=1S/C25H22N4O2S/c1-31-20-13-7-12-19(17-20)28-23(30)21-14-5-6-15-22(21)29-24(28)26-27-25(29)32-16-8-11-18-9-3-2-4-10-18/h2-7,9-10,12-15,17H,8,11,16H2,1H3. The topological polar surface area (TPSA) is 61.4 Å². The Kier molecular flexibility index (Phi) is 5.64. The number of methoxy groups -OCH3 is 1. The van der Waals surface area contributed by atoms with Gasteiger partial charge >= 0.3 is 0 Å². The van der Waals surface area contributed by atoms with E-state index in [2.05, 4.69) is 34.5 Å². The van der Waals surface area contributed by atoms with Crippen molar-refractivity contribution in [3.05, 3.63) is 94.8 Å². The first-order chi connectivity index (χ1) is 15.8. The van der Waals surface area contributed by atoms with Crippen LogP contribution in [-0.2, 0) is 6.42 Å². The van der Waals surface area contributed by atoms with Crippen molar-refractivity contribution in [2.75, 3.05) is 12.9 Å². The third kappa shape index (κ3) is 3.76. The minimum Gasteiger partial charge on any atom is -0.497 e. The lowest BCUT2D eigenvalue weighted by molar-refractivity contribution is 0.414. The van der Waals surface area contributed by atoms with E-state index in [9.17, 15) is 4.79 Å². The van der Waals surface area contributed by atoms with Gasteiger partial charge in [0, 0.05) is 11.8 Å². The summed E-state index contributed by atoms with van der Waals surface area (Å²) in [6.45, 7) is 0. The Bertz CT molecular complexity index is 1440. The third-order valence-electron chi connectivity index (χ3n) is 5.39. The maximum atomic E-state index is 13.4. The predicted molar refractivity (Wildman–Crippen MR) is 128 cm³/mol. The first-order valence-corrected chi connectivity index (χ1v) is 11.4. The van der Waals surface area contributed by atoms with Crippen LogP contribution in [0.4, 0.5) is 0 Å². The Morgan fingerprint density at radius 1 is 0.938 bits per heavy atom. The molecular formula is C25H22N4O2S. The highest BCUT2D eigenvalue weighted by atomic mass is 32.2. The van der Waals surface area contributed by atoms with Gasteiger partial charge in [-0.1, -0.05) is 60.3 Å². The van der Waals surface area contributed by atoms with Gasteiger partial charge in [-0.3, -0.25) is 9.20 Å². The van der Waals surface area contributed by atoms with Crippen molar-refractivity contribution >= 4 is 28.4 Å². The van der Waals surface area contributed by atoms with Gasteiger partial charge in [-0.05, 0) is 42.7 Å². The van der Waals surface area contributed by atoms with Crippen LogP contribution in [0.3, 0.4) is 0 Å². The van der Waals surface area contributed by atoms with Gasteiger partial charge in [0.1, 0.15) is 5.75 Å². The van der Waals surface area contributed by atoms with Gasteiger partial charge in [0.2, 0.25) is 5.78 Å². The Morgan fingerprint density at radius 2 is 1.75 bits per heavy atom. The smallest absolute Gasteiger partial charge is 0.267 e. The number of aromatic nitrogens is 4. The summed E-state index contributed by atoms with van der Waals surface area (Å²) in [6.07, 6.45) is 2.04. The molecule has 5 aromatic rings. The molecule has 0 N–H and O–H groups in total. The molecule has 0 saturated heterocycles. The number of rotatable bonds is 7. The number of hydrogen-bond donors (Lipinski definition) is 0. The number of benzene rings is 3. The summed E-state index contributed by atoms with van der Waals surface area (Å²) in [6, 6.07) is 25.5. The van der Waals surface area contributed by atoms with Gasteiger partial charge in [-0.15, -0.1) is 10.2 Å². The van der Waals surface area contributed by atoms with Crippen LogP contribution in [-0.4, -0.2) is 32.0 Å². The van der Waals surface area contributed by atoms with Crippen molar-refractivity contribution < 1.29 is 4.74 Å². The summed E-state index contributed by atoms with van der Waals surface area (Å²) < 4.78 is 8.94. The SMILES string of the molecule is COc1cccc(-n2c(=O)c3ccccc3n3c(SCCCc4ccccc4)nnc23)c1. The molecule has 0 spiro atoms. The Morgan fingerprint density at radius 3 is 2.59 bits per heavy atom. The number of aryl methyl sites for hydroxylation is 1. The normalized spacial score (nSPS) is 11.3. The van der Waals surface area contributed by atoms with Crippen molar-refractivity contribution in [3.63, 3.8) is 0 Å². The monoisotopic (exact) mass is 442 g/mol. The number of hydrogen-bond acceptors (Lipinski definition) is 5. The van der Waals surface area contributed by atoms with Crippen LogP contribution < -0.4 is 10.3 Å². The van der Waals surface area contributed by atoms with Crippen molar-refractivity contribution in [1.82, 2.24) is 19.2 Å². The van der Waals surface area contributed by atoms with E-state index in [-0.39, 0.29) is 5.56 Å². The molecule has 0 aliphatic rings. The predicted octanol–water partition coefficient (Wildman–Crippen LogP) is 4.77. The summed E-state index contributed by atoms with van der Waals surface area (Å²) in [4.78, 5) is 13.4. The minimum absolute atomic E-state index is 0.130. The molecule has 0 amide bonds. The quantitative estimate of drug-likeness (QED) is 0.268. The summed E-state index contributed by atoms with van der Waals surface area (Å²) >= 11 is 1.66.